The highest BCUT2D eigenvalue weighted by atomic mass is 16.5. The number of para-hydroxylation sites is 1. The van der Waals surface area contributed by atoms with E-state index in [2.05, 4.69) is 11.4 Å². The summed E-state index contributed by atoms with van der Waals surface area (Å²) in [6.45, 7) is 2.72. The van der Waals surface area contributed by atoms with Gasteiger partial charge in [-0.15, -0.1) is 0 Å². The molecular formula is C21H24N2O3. The Morgan fingerprint density at radius 2 is 2.00 bits per heavy atom. The quantitative estimate of drug-likeness (QED) is 0.805. The van der Waals surface area contributed by atoms with Crippen LogP contribution in [0.2, 0.25) is 0 Å². The van der Waals surface area contributed by atoms with Gasteiger partial charge in [-0.1, -0.05) is 24.3 Å². The zero-order chi connectivity index (χ0) is 18.4. The second kappa shape index (κ2) is 8.52. The van der Waals surface area contributed by atoms with Crippen molar-refractivity contribution in [2.75, 3.05) is 23.4 Å². The lowest BCUT2D eigenvalue weighted by atomic mass is 10.0. The Morgan fingerprint density at radius 1 is 1.15 bits per heavy atom. The SMILES string of the molecule is CC(=O)Nc1cccc(OCCCC(=O)N2CCCc3ccccc32)c1. The van der Waals surface area contributed by atoms with Crippen LogP contribution < -0.4 is 15.0 Å². The van der Waals surface area contributed by atoms with Crippen LogP contribution in [0.15, 0.2) is 48.5 Å². The van der Waals surface area contributed by atoms with Crippen LogP contribution in [-0.4, -0.2) is 25.0 Å². The monoisotopic (exact) mass is 352 g/mol. The molecule has 5 nitrogen and oxygen atoms in total. The average molecular weight is 352 g/mol. The molecule has 1 aliphatic heterocycles. The van der Waals surface area contributed by atoms with Crippen LogP contribution in [0.5, 0.6) is 5.75 Å². The molecule has 0 bridgehead atoms. The molecule has 0 saturated heterocycles. The molecule has 2 aromatic rings. The Hall–Kier alpha value is -2.82. The number of carbonyl (C=O) groups excluding carboxylic acids is 2. The van der Waals surface area contributed by atoms with Crippen LogP contribution in [0, 0.1) is 0 Å². The zero-order valence-corrected chi connectivity index (χ0v) is 15.0. The third kappa shape index (κ3) is 4.63. The van der Waals surface area contributed by atoms with Crippen LogP contribution in [0.25, 0.3) is 0 Å². The fourth-order valence-electron chi connectivity index (χ4n) is 3.21. The number of amides is 2. The van der Waals surface area contributed by atoms with Gasteiger partial charge < -0.3 is 15.0 Å². The van der Waals surface area contributed by atoms with Crippen molar-refractivity contribution in [3.05, 3.63) is 54.1 Å². The highest BCUT2D eigenvalue weighted by molar-refractivity contribution is 5.94. The third-order valence-electron chi connectivity index (χ3n) is 4.37. The lowest BCUT2D eigenvalue weighted by Crippen LogP contribution is -2.35. The molecule has 26 heavy (non-hydrogen) atoms. The number of fused-ring (bicyclic) bond motifs is 1. The number of hydrogen-bond acceptors (Lipinski definition) is 3. The lowest BCUT2D eigenvalue weighted by Gasteiger charge is -2.29. The molecule has 0 spiro atoms. The van der Waals surface area contributed by atoms with Gasteiger partial charge in [-0.2, -0.15) is 0 Å². The Bertz CT molecular complexity index is 788. The van der Waals surface area contributed by atoms with Gasteiger partial charge in [-0.25, -0.2) is 0 Å². The number of benzene rings is 2. The van der Waals surface area contributed by atoms with Gasteiger partial charge in [0.2, 0.25) is 11.8 Å². The maximum atomic E-state index is 12.6. The summed E-state index contributed by atoms with van der Waals surface area (Å²) in [4.78, 5) is 25.6. The lowest BCUT2D eigenvalue weighted by molar-refractivity contribution is -0.119. The number of nitrogens with zero attached hydrogens (tertiary/aromatic N) is 1. The molecule has 0 radical (unpaired) electrons. The van der Waals surface area contributed by atoms with E-state index in [-0.39, 0.29) is 11.8 Å². The molecule has 1 aliphatic rings. The maximum Gasteiger partial charge on any atom is 0.227 e. The summed E-state index contributed by atoms with van der Waals surface area (Å²) < 4.78 is 5.71. The summed E-state index contributed by atoms with van der Waals surface area (Å²) >= 11 is 0. The van der Waals surface area contributed by atoms with Crippen molar-refractivity contribution in [1.82, 2.24) is 0 Å². The molecule has 3 rings (SSSR count). The Balaban J connectivity index is 1.48. The molecule has 2 aromatic carbocycles. The molecule has 0 fully saturated rings. The van der Waals surface area contributed by atoms with Crippen LogP contribution in [-0.2, 0) is 16.0 Å². The molecule has 0 saturated carbocycles. The molecule has 1 N–H and O–H groups in total. The van der Waals surface area contributed by atoms with E-state index in [1.165, 1.54) is 12.5 Å². The molecule has 136 valence electrons. The van der Waals surface area contributed by atoms with Crippen LogP contribution >= 0.6 is 0 Å². The number of aryl methyl sites for hydroxylation is 1. The van der Waals surface area contributed by atoms with E-state index in [0.29, 0.717) is 30.9 Å². The molecule has 2 amide bonds. The van der Waals surface area contributed by atoms with Gasteiger partial charge in [0.15, 0.2) is 0 Å². The predicted octanol–water partition coefficient (Wildman–Crippen LogP) is 3.78. The van der Waals surface area contributed by atoms with Gasteiger partial charge in [-0.05, 0) is 43.0 Å². The molecular weight excluding hydrogens is 328 g/mol. The number of nitrogens with one attached hydrogen (secondary N) is 1. The first-order valence-electron chi connectivity index (χ1n) is 9.02. The second-order valence-electron chi connectivity index (χ2n) is 6.44. The summed E-state index contributed by atoms with van der Waals surface area (Å²) in [5.41, 5.74) is 3.00. The van der Waals surface area contributed by atoms with Crippen LogP contribution in [0.4, 0.5) is 11.4 Å². The molecule has 0 atom stereocenters. The summed E-state index contributed by atoms with van der Waals surface area (Å²) in [6.07, 6.45) is 3.16. The number of ether oxygens (including phenoxy) is 1. The van der Waals surface area contributed by atoms with Crippen molar-refractivity contribution in [2.45, 2.75) is 32.6 Å². The summed E-state index contributed by atoms with van der Waals surface area (Å²) in [5, 5.41) is 2.73. The van der Waals surface area contributed by atoms with Crippen molar-refractivity contribution in [3.63, 3.8) is 0 Å². The molecule has 1 heterocycles. The molecule has 5 heteroatoms. The smallest absolute Gasteiger partial charge is 0.227 e. The van der Waals surface area contributed by atoms with Crippen LogP contribution in [0.3, 0.4) is 0 Å². The Labute approximate surface area is 154 Å². The topological polar surface area (TPSA) is 58.6 Å². The summed E-state index contributed by atoms with van der Waals surface area (Å²) in [6, 6.07) is 15.4. The minimum atomic E-state index is -0.116. The van der Waals surface area contributed by atoms with Crippen molar-refractivity contribution in [1.29, 1.82) is 0 Å². The van der Waals surface area contributed by atoms with Gasteiger partial charge in [0.05, 0.1) is 6.61 Å². The van der Waals surface area contributed by atoms with Gasteiger partial charge >= 0.3 is 0 Å². The largest absolute Gasteiger partial charge is 0.494 e. The first-order valence-corrected chi connectivity index (χ1v) is 9.02. The van der Waals surface area contributed by atoms with E-state index < -0.39 is 0 Å². The second-order valence-corrected chi connectivity index (χ2v) is 6.44. The first kappa shape index (κ1) is 18.0. The molecule has 0 aliphatic carbocycles. The predicted molar refractivity (Wildman–Crippen MR) is 103 cm³/mol. The van der Waals surface area contributed by atoms with Crippen molar-refractivity contribution in [2.24, 2.45) is 0 Å². The van der Waals surface area contributed by atoms with E-state index in [1.807, 2.05) is 41.3 Å². The fraction of sp³-hybridized carbons (Fsp3) is 0.333. The Morgan fingerprint density at radius 3 is 2.85 bits per heavy atom. The number of rotatable bonds is 6. The first-order chi connectivity index (χ1) is 12.6. The van der Waals surface area contributed by atoms with E-state index >= 15 is 0 Å². The van der Waals surface area contributed by atoms with E-state index in [0.717, 1.165) is 25.1 Å². The molecule has 0 aromatic heterocycles. The maximum absolute atomic E-state index is 12.6. The minimum Gasteiger partial charge on any atom is -0.494 e. The molecule has 0 unspecified atom stereocenters. The number of anilines is 2. The van der Waals surface area contributed by atoms with Crippen molar-refractivity contribution in [3.8, 4) is 5.75 Å². The fourth-order valence-corrected chi connectivity index (χ4v) is 3.21. The number of hydrogen-bond donors (Lipinski definition) is 1. The third-order valence-corrected chi connectivity index (χ3v) is 4.37. The van der Waals surface area contributed by atoms with E-state index in [1.54, 1.807) is 6.07 Å². The highest BCUT2D eigenvalue weighted by Crippen LogP contribution is 2.27. The van der Waals surface area contributed by atoms with Crippen molar-refractivity contribution >= 4 is 23.2 Å². The highest BCUT2D eigenvalue weighted by Gasteiger charge is 2.21. The van der Waals surface area contributed by atoms with Gasteiger partial charge in [0.25, 0.3) is 0 Å². The van der Waals surface area contributed by atoms with Crippen molar-refractivity contribution < 1.29 is 14.3 Å². The normalized spacial score (nSPS) is 13.0. The standard InChI is InChI=1S/C21H24N2O3/c1-16(24)22-18-9-4-10-19(15-18)26-14-6-12-21(25)23-13-5-8-17-7-2-3-11-20(17)23/h2-4,7,9-11,15H,5-6,8,12-14H2,1H3,(H,22,24). The van der Waals surface area contributed by atoms with E-state index in [4.69, 9.17) is 4.74 Å². The summed E-state index contributed by atoms with van der Waals surface area (Å²) in [5.74, 6) is 0.717. The summed E-state index contributed by atoms with van der Waals surface area (Å²) in [7, 11) is 0. The number of carbonyl (C=O) groups is 2. The van der Waals surface area contributed by atoms with Gasteiger partial charge in [-0.3, -0.25) is 9.59 Å². The van der Waals surface area contributed by atoms with Gasteiger partial charge in [0, 0.05) is 37.3 Å². The minimum absolute atomic E-state index is 0.116. The zero-order valence-electron chi connectivity index (χ0n) is 15.0. The van der Waals surface area contributed by atoms with E-state index in [9.17, 15) is 9.59 Å². The van der Waals surface area contributed by atoms with Crippen LogP contribution in [0.1, 0.15) is 31.7 Å². The Kier molecular flexibility index (Phi) is 5.89. The average Bonchev–Trinajstić information content (AvgIpc) is 2.64. The van der Waals surface area contributed by atoms with Gasteiger partial charge in [0.1, 0.15) is 5.75 Å².